The van der Waals surface area contributed by atoms with Gasteiger partial charge in [-0.25, -0.2) is 4.79 Å². The van der Waals surface area contributed by atoms with Crippen molar-refractivity contribution in [3.63, 3.8) is 0 Å². The molecule has 0 amide bonds. The van der Waals surface area contributed by atoms with Crippen LogP contribution in [0.2, 0.25) is 0 Å². The van der Waals surface area contributed by atoms with E-state index in [9.17, 15) is 4.79 Å². The fraction of sp³-hybridized carbons (Fsp3) is 0.476. The Labute approximate surface area is 151 Å². The molecule has 3 atom stereocenters. The Balaban J connectivity index is 1.68. The van der Waals surface area contributed by atoms with Crippen LogP contribution in [0.5, 0.6) is 0 Å². The van der Waals surface area contributed by atoms with Crippen molar-refractivity contribution in [1.29, 1.82) is 0 Å². The Morgan fingerprint density at radius 3 is 2.44 bits per heavy atom. The maximum atomic E-state index is 11.5. The molecule has 3 heterocycles. The number of esters is 1. The smallest absolute Gasteiger partial charge is 0.333 e. The third kappa shape index (κ3) is 2.74. The van der Waals surface area contributed by atoms with E-state index in [1.54, 1.807) is 6.92 Å². The van der Waals surface area contributed by atoms with Gasteiger partial charge >= 0.3 is 5.97 Å². The van der Waals surface area contributed by atoms with Gasteiger partial charge in [-0.05, 0) is 27.7 Å². The number of carbonyl (C=O) groups excluding carboxylic acids is 1. The summed E-state index contributed by atoms with van der Waals surface area (Å²) in [5, 5.41) is 0. The van der Waals surface area contributed by atoms with Crippen molar-refractivity contribution in [1.82, 2.24) is 4.48 Å². The van der Waals surface area contributed by atoms with Gasteiger partial charge in [0.15, 0.2) is 18.1 Å². The highest BCUT2D eigenvalue weighted by Gasteiger charge is 2.68. The summed E-state index contributed by atoms with van der Waals surface area (Å²) in [6.45, 7) is 16.8. The van der Waals surface area contributed by atoms with E-state index in [1.807, 2.05) is 0 Å². The lowest BCUT2D eigenvalue weighted by molar-refractivity contribution is -0.959. The highest BCUT2D eigenvalue weighted by molar-refractivity contribution is 5.86. The average Bonchev–Trinajstić information content (AvgIpc) is 3.03. The predicted octanol–water partition coefficient (Wildman–Crippen LogP) is 4.05. The Kier molecular flexibility index (Phi) is 4.38. The molecule has 0 N–H and O–H groups in total. The summed E-state index contributed by atoms with van der Waals surface area (Å²) in [6.07, 6.45) is 6.08. The number of hydrogen-bond acceptors (Lipinski definition) is 2. The second-order valence-corrected chi connectivity index (χ2v) is 7.85. The van der Waals surface area contributed by atoms with Crippen molar-refractivity contribution in [2.45, 2.75) is 47.2 Å². The van der Waals surface area contributed by atoms with Gasteiger partial charge in [0.2, 0.25) is 12.8 Å². The second kappa shape index (κ2) is 6.11. The lowest BCUT2D eigenvalue weighted by Crippen LogP contribution is -2.78. The number of carbonyl (C=O) groups is 1. The topological polar surface area (TPSA) is 26.3 Å². The molecule has 134 valence electrons. The summed E-state index contributed by atoms with van der Waals surface area (Å²) < 4.78 is 7.18. The summed E-state index contributed by atoms with van der Waals surface area (Å²) in [5.74, 6) is -0.287. The van der Waals surface area contributed by atoms with Crippen molar-refractivity contribution >= 4 is 11.7 Å². The van der Waals surface area contributed by atoms with Gasteiger partial charge in [0.1, 0.15) is 0 Å². The molecule has 3 aliphatic heterocycles. The van der Waals surface area contributed by atoms with Crippen LogP contribution in [0.4, 0.5) is 5.69 Å². The Bertz CT molecular complexity index is 744. The summed E-state index contributed by atoms with van der Waals surface area (Å²) in [7, 11) is 0. The number of benzene rings is 1. The largest absolute Gasteiger partial charge is 0.462 e. The maximum absolute atomic E-state index is 11.5. The molecule has 3 aliphatic rings. The van der Waals surface area contributed by atoms with Crippen LogP contribution < -0.4 is 4.48 Å². The molecule has 0 aromatic heterocycles. The number of rotatable bonds is 6. The summed E-state index contributed by atoms with van der Waals surface area (Å²) >= 11 is 0. The monoisotopic (exact) mass is 342 g/mol. The van der Waals surface area contributed by atoms with E-state index in [-0.39, 0.29) is 5.97 Å². The first kappa shape index (κ1) is 17.9. The molecule has 4 rings (SSSR count). The van der Waals surface area contributed by atoms with Crippen LogP contribution in [0.25, 0.3) is 0 Å². The minimum atomic E-state index is -0.287. The van der Waals surface area contributed by atoms with E-state index in [1.165, 1.54) is 22.4 Å². The highest BCUT2D eigenvalue weighted by atomic mass is 16.5. The molecule has 0 radical (unpaired) electrons. The van der Waals surface area contributed by atoms with Crippen molar-refractivity contribution in [3.8, 4) is 0 Å². The van der Waals surface area contributed by atoms with Gasteiger partial charge in [-0.2, -0.15) is 8.97 Å². The van der Waals surface area contributed by atoms with Gasteiger partial charge in [-0.3, -0.25) is 0 Å². The Morgan fingerprint density at radius 2 is 1.88 bits per heavy atom. The zero-order valence-corrected chi connectivity index (χ0v) is 16.1. The fourth-order valence-corrected chi connectivity index (χ4v) is 4.72. The molecule has 25 heavy (non-hydrogen) atoms. The first-order valence-electron chi connectivity index (χ1n) is 9.07. The van der Waals surface area contributed by atoms with Crippen LogP contribution >= 0.6 is 0 Å². The molecule has 0 saturated carbocycles. The SMILES string of the molecule is C=C(C)C(=O)OCCC[N+]12C=C[N+](c3c(C)cc(C)cc3C)(C1)C2C. The molecule has 1 aromatic rings. The molecule has 2 bridgehead atoms. The van der Waals surface area contributed by atoms with E-state index in [0.717, 1.165) is 28.6 Å². The van der Waals surface area contributed by atoms with Crippen molar-refractivity contribution in [2.75, 3.05) is 19.8 Å². The summed E-state index contributed by atoms with van der Waals surface area (Å²) in [5.41, 5.74) is 6.00. The van der Waals surface area contributed by atoms with E-state index < -0.39 is 0 Å². The standard InChI is InChI=1S/C21H30N2O2/c1-15(2)21(24)25-11-7-8-22-9-10-23(14-22,19(22)6)20-17(4)12-16(3)13-18(20)5/h9-10,12-13,19H,1,7-8,11,14H2,2-6H3/q+2. The Hall–Kier alpha value is -1.91. The second-order valence-electron chi connectivity index (χ2n) is 7.85. The zero-order chi connectivity index (χ0) is 18.4. The Morgan fingerprint density at radius 1 is 1.24 bits per heavy atom. The van der Waals surface area contributed by atoms with E-state index in [2.05, 4.69) is 58.8 Å². The van der Waals surface area contributed by atoms with Crippen LogP contribution in [0.15, 0.2) is 36.7 Å². The third-order valence-corrected chi connectivity index (χ3v) is 5.89. The van der Waals surface area contributed by atoms with E-state index in [4.69, 9.17) is 4.74 Å². The molecular formula is C21H30N2O2+2. The molecule has 0 spiro atoms. The predicted molar refractivity (Wildman–Crippen MR) is 101 cm³/mol. The third-order valence-electron chi connectivity index (χ3n) is 5.89. The van der Waals surface area contributed by atoms with Gasteiger partial charge in [0.25, 0.3) is 0 Å². The van der Waals surface area contributed by atoms with Gasteiger partial charge in [0.05, 0.1) is 13.2 Å². The quantitative estimate of drug-likeness (QED) is 0.337. The molecular weight excluding hydrogens is 312 g/mol. The minimum Gasteiger partial charge on any atom is -0.462 e. The van der Waals surface area contributed by atoms with Gasteiger partial charge in [-0.15, -0.1) is 0 Å². The van der Waals surface area contributed by atoms with Crippen LogP contribution in [-0.2, 0) is 9.53 Å². The summed E-state index contributed by atoms with van der Waals surface area (Å²) in [6, 6.07) is 4.58. The number of aryl methyl sites for hydroxylation is 3. The zero-order valence-electron chi connectivity index (χ0n) is 16.1. The van der Waals surface area contributed by atoms with E-state index >= 15 is 0 Å². The molecule has 3 unspecified atom stereocenters. The highest BCUT2D eigenvalue weighted by Crippen LogP contribution is 2.50. The van der Waals surface area contributed by atoms with Gasteiger partial charge < -0.3 is 4.74 Å². The molecule has 4 heteroatoms. The van der Waals surface area contributed by atoms with Crippen molar-refractivity contribution in [3.05, 3.63) is 53.4 Å². The van der Waals surface area contributed by atoms with Crippen LogP contribution in [0.3, 0.4) is 0 Å². The van der Waals surface area contributed by atoms with Crippen molar-refractivity contribution < 1.29 is 14.0 Å². The van der Waals surface area contributed by atoms with Crippen LogP contribution in [-0.4, -0.2) is 36.4 Å². The average molecular weight is 342 g/mol. The number of nitrogens with zero attached hydrogens (tertiary/aromatic N) is 2. The number of quaternary nitrogens is 2. The van der Waals surface area contributed by atoms with E-state index in [0.29, 0.717) is 18.3 Å². The first-order valence-corrected chi connectivity index (χ1v) is 9.07. The molecule has 1 fully saturated rings. The summed E-state index contributed by atoms with van der Waals surface area (Å²) in [4.78, 5) is 11.5. The molecule has 1 aromatic carbocycles. The van der Waals surface area contributed by atoms with Crippen LogP contribution in [0.1, 0.15) is 37.0 Å². The van der Waals surface area contributed by atoms with Gasteiger partial charge in [-0.1, -0.05) is 24.3 Å². The number of ether oxygens (including phenoxy) is 1. The minimum absolute atomic E-state index is 0.287. The fourth-order valence-electron chi connectivity index (χ4n) is 4.72. The lowest BCUT2D eigenvalue weighted by atomic mass is 10.00. The maximum Gasteiger partial charge on any atom is 0.333 e. The lowest BCUT2D eigenvalue weighted by Gasteiger charge is -2.53. The first-order chi connectivity index (χ1) is 11.7. The normalized spacial score (nSPS) is 29.4. The molecule has 0 aliphatic carbocycles. The molecule has 4 nitrogen and oxygen atoms in total. The van der Waals surface area contributed by atoms with Crippen molar-refractivity contribution in [2.24, 2.45) is 0 Å². The molecule has 1 saturated heterocycles. The number of hydrogen-bond donors (Lipinski definition) is 0. The van der Waals surface area contributed by atoms with Gasteiger partial charge in [0, 0.05) is 30.0 Å². The van der Waals surface area contributed by atoms with Crippen LogP contribution in [0, 0.1) is 20.8 Å².